The van der Waals surface area contributed by atoms with Crippen LogP contribution in [0.4, 0.5) is 0 Å². The van der Waals surface area contributed by atoms with E-state index in [1.165, 1.54) is 25.9 Å². The van der Waals surface area contributed by atoms with Crippen molar-refractivity contribution in [3.05, 3.63) is 47.7 Å². The number of amides is 1. The van der Waals surface area contributed by atoms with E-state index in [1.54, 1.807) is 11.8 Å². The zero-order valence-electron chi connectivity index (χ0n) is 13.9. The second-order valence-electron chi connectivity index (χ2n) is 6.85. The lowest BCUT2D eigenvalue weighted by Crippen LogP contribution is -2.57. The van der Waals surface area contributed by atoms with Gasteiger partial charge >= 0.3 is 0 Å². The van der Waals surface area contributed by atoms with Crippen molar-refractivity contribution in [3.8, 4) is 0 Å². The normalized spacial score (nSPS) is 25.6. The van der Waals surface area contributed by atoms with Crippen LogP contribution in [-0.4, -0.2) is 41.5 Å². The van der Waals surface area contributed by atoms with E-state index in [4.69, 9.17) is 0 Å². The summed E-state index contributed by atoms with van der Waals surface area (Å²) in [6.07, 6.45) is 2.44. The Balaban J connectivity index is 1.38. The van der Waals surface area contributed by atoms with Crippen LogP contribution in [0, 0.1) is 12.8 Å². The van der Waals surface area contributed by atoms with E-state index in [9.17, 15) is 4.79 Å². The highest BCUT2D eigenvalue weighted by Crippen LogP contribution is 2.29. The number of carbonyl (C=O) groups is 1. The maximum Gasteiger partial charge on any atom is 0.251 e. The van der Waals surface area contributed by atoms with Gasteiger partial charge in [0.15, 0.2) is 0 Å². The Hall–Kier alpha value is -1.72. The molecular formula is C19H23N3OS. The zero-order valence-corrected chi connectivity index (χ0v) is 14.7. The van der Waals surface area contributed by atoms with Gasteiger partial charge in [0, 0.05) is 28.7 Å². The maximum atomic E-state index is 12.5. The average Bonchev–Trinajstić information content (AvgIpc) is 3.01. The number of rotatable bonds is 4. The fourth-order valence-corrected chi connectivity index (χ4v) is 4.59. The zero-order chi connectivity index (χ0) is 16.5. The second kappa shape index (κ2) is 6.65. The number of nitrogens with zero attached hydrogens (tertiary/aromatic N) is 1. The Morgan fingerprint density at radius 3 is 2.50 bits per heavy atom. The molecule has 4 nitrogen and oxygen atoms in total. The van der Waals surface area contributed by atoms with Crippen molar-refractivity contribution < 1.29 is 4.79 Å². The maximum absolute atomic E-state index is 12.5. The standard InChI is InChI=1S/C19H23N3OS/c1-13-2-7-18(20-13)24-16-5-3-15(4-6-16)19(23)21-17-12-22-10-8-14(17)9-11-22/h2-7,14,17,20H,8-12H2,1H3,(H,21,23)/t17-/m0/s1. The summed E-state index contributed by atoms with van der Waals surface area (Å²) in [5.41, 5.74) is 1.91. The molecule has 0 radical (unpaired) electrons. The number of hydrogen-bond donors (Lipinski definition) is 2. The topological polar surface area (TPSA) is 48.1 Å². The van der Waals surface area contributed by atoms with Crippen molar-refractivity contribution in [2.45, 2.75) is 35.7 Å². The van der Waals surface area contributed by atoms with Gasteiger partial charge in [-0.25, -0.2) is 0 Å². The van der Waals surface area contributed by atoms with Gasteiger partial charge in [0.25, 0.3) is 5.91 Å². The number of fused-ring (bicyclic) bond motifs is 3. The number of aryl methyl sites for hydroxylation is 1. The average molecular weight is 341 g/mol. The molecule has 0 spiro atoms. The van der Waals surface area contributed by atoms with E-state index in [-0.39, 0.29) is 5.91 Å². The Labute approximate surface area is 147 Å². The van der Waals surface area contributed by atoms with Gasteiger partial charge in [0.05, 0.1) is 5.03 Å². The quantitative estimate of drug-likeness (QED) is 0.897. The van der Waals surface area contributed by atoms with Gasteiger partial charge in [0.2, 0.25) is 0 Å². The summed E-state index contributed by atoms with van der Waals surface area (Å²) in [5, 5.41) is 4.37. The molecule has 0 saturated carbocycles. The largest absolute Gasteiger partial charge is 0.354 e. The molecule has 2 N–H and O–H groups in total. The van der Waals surface area contributed by atoms with Crippen LogP contribution in [0.5, 0.6) is 0 Å². The van der Waals surface area contributed by atoms with Crippen molar-refractivity contribution in [2.75, 3.05) is 19.6 Å². The minimum absolute atomic E-state index is 0.0565. The Morgan fingerprint density at radius 1 is 1.17 bits per heavy atom. The first-order chi connectivity index (χ1) is 11.7. The van der Waals surface area contributed by atoms with Crippen LogP contribution in [0.15, 0.2) is 46.3 Å². The lowest BCUT2D eigenvalue weighted by Gasteiger charge is -2.44. The predicted molar refractivity (Wildman–Crippen MR) is 96.5 cm³/mol. The van der Waals surface area contributed by atoms with Crippen LogP contribution in [0.3, 0.4) is 0 Å². The minimum atomic E-state index is 0.0565. The minimum Gasteiger partial charge on any atom is -0.354 e. The molecule has 5 heteroatoms. The predicted octanol–water partition coefficient (Wildman–Crippen LogP) is 3.30. The van der Waals surface area contributed by atoms with E-state index >= 15 is 0 Å². The van der Waals surface area contributed by atoms with Crippen LogP contribution >= 0.6 is 11.8 Å². The number of nitrogens with one attached hydrogen (secondary N) is 2. The molecule has 3 aliphatic rings. The molecule has 2 aromatic rings. The summed E-state index contributed by atoms with van der Waals surface area (Å²) in [4.78, 5) is 19.4. The number of H-pyrrole nitrogens is 1. The van der Waals surface area contributed by atoms with Crippen LogP contribution in [0.1, 0.15) is 28.9 Å². The number of piperidine rings is 3. The third-order valence-corrected chi connectivity index (χ3v) is 6.09. The van der Waals surface area contributed by atoms with Crippen molar-refractivity contribution in [2.24, 2.45) is 5.92 Å². The van der Waals surface area contributed by atoms with Crippen LogP contribution in [0.25, 0.3) is 0 Å². The smallest absolute Gasteiger partial charge is 0.251 e. The fourth-order valence-electron chi connectivity index (χ4n) is 3.72. The number of hydrogen-bond acceptors (Lipinski definition) is 3. The SMILES string of the molecule is Cc1ccc(Sc2ccc(C(=O)N[C@H]3CN4CCC3CC4)cc2)[nH]1. The van der Waals surface area contributed by atoms with Gasteiger partial charge in [-0.2, -0.15) is 0 Å². The van der Waals surface area contributed by atoms with Crippen LogP contribution in [-0.2, 0) is 0 Å². The van der Waals surface area contributed by atoms with Crippen molar-refractivity contribution in [1.29, 1.82) is 0 Å². The molecule has 0 aliphatic carbocycles. The van der Waals surface area contributed by atoms with Gasteiger partial charge in [-0.3, -0.25) is 4.79 Å². The molecule has 1 amide bonds. The Kier molecular flexibility index (Phi) is 4.37. The van der Waals surface area contributed by atoms with Gasteiger partial charge in [-0.1, -0.05) is 11.8 Å². The third kappa shape index (κ3) is 3.37. The first-order valence-corrected chi connectivity index (χ1v) is 9.46. The van der Waals surface area contributed by atoms with Crippen molar-refractivity contribution >= 4 is 17.7 Å². The lowest BCUT2D eigenvalue weighted by atomic mass is 9.84. The number of benzene rings is 1. The lowest BCUT2D eigenvalue weighted by molar-refractivity contribution is 0.0620. The highest BCUT2D eigenvalue weighted by Gasteiger charge is 2.34. The summed E-state index contributed by atoms with van der Waals surface area (Å²) >= 11 is 1.68. The van der Waals surface area contributed by atoms with Gasteiger partial charge in [-0.15, -0.1) is 0 Å². The molecule has 2 bridgehead atoms. The van der Waals surface area contributed by atoms with Crippen LogP contribution in [0.2, 0.25) is 0 Å². The fraction of sp³-hybridized carbons (Fsp3) is 0.421. The molecule has 5 rings (SSSR count). The molecular weight excluding hydrogens is 318 g/mol. The molecule has 1 aromatic carbocycles. The molecule has 3 fully saturated rings. The van der Waals surface area contributed by atoms with E-state index in [0.29, 0.717) is 12.0 Å². The second-order valence-corrected chi connectivity index (χ2v) is 7.97. The van der Waals surface area contributed by atoms with Crippen molar-refractivity contribution in [1.82, 2.24) is 15.2 Å². The van der Waals surface area contributed by atoms with Gasteiger partial charge < -0.3 is 15.2 Å². The van der Waals surface area contributed by atoms with E-state index in [2.05, 4.69) is 27.3 Å². The first-order valence-electron chi connectivity index (χ1n) is 8.64. The van der Waals surface area contributed by atoms with E-state index in [1.807, 2.05) is 31.2 Å². The number of carbonyl (C=O) groups excluding carboxylic acids is 1. The summed E-state index contributed by atoms with van der Waals surface area (Å²) in [5.74, 6) is 0.714. The summed E-state index contributed by atoms with van der Waals surface area (Å²) in [7, 11) is 0. The summed E-state index contributed by atoms with van der Waals surface area (Å²) in [6.45, 7) is 5.45. The molecule has 126 valence electrons. The van der Waals surface area contributed by atoms with Crippen molar-refractivity contribution in [3.63, 3.8) is 0 Å². The molecule has 4 heterocycles. The number of aromatic nitrogens is 1. The molecule has 3 saturated heterocycles. The Bertz CT molecular complexity index is 716. The molecule has 24 heavy (non-hydrogen) atoms. The molecule has 3 aliphatic heterocycles. The molecule has 1 aromatic heterocycles. The van der Waals surface area contributed by atoms with E-state index in [0.717, 1.165) is 27.7 Å². The molecule has 1 atom stereocenters. The van der Waals surface area contributed by atoms with Crippen LogP contribution < -0.4 is 5.32 Å². The van der Waals surface area contributed by atoms with E-state index < -0.39 is 0 Å². The summed E-state index contributed by atoms with van der Waals surface area (Å²) < 4.78 is 0. The highest BCUT2D eigenvalue weighted by atomic mass is 32.2. The van der Waals surface area contributed by atoms with Gasteiger partial charge in [-0.05, 0) is 75.2 Å². The number of aromatic amines is 1. The third-order valence-electron chi connectivity index (χ3n) is 5.12. The summed E-state index contributed by atoms with van der Waals surface area (Å²) in [6, 6.07) is 12.4. The monoisotopic (exact) mass is 341 g/mol. The Morgan fingerprint density at radius 2 is 1.92 bits per heavy atom. The van der Waals surface area contributed by atoms with Gasteiger partial charge in [0.1, 0.15) is 0 Å². The first kappa shape index (κ1) is 15.8. The molecule has 0 unspecified atom stereocenters. The highest BCUT2D eigenvalue weighted by molar-refractivity contribution is 7.99.